The average Bonchev–Trinajstić information content (AvgIpc) is 3.02. The minimum atomic E-state index is -0.106. The lowest BCUT2D eigenvalue weighted by molar-refractivity contribution is 0.281. The third-order valence-electron chi connectivity index (χ3n) is 5.13. The van der Waals surface area contributed by atoms with E-state index in [0.29, 0.717) is 4.47 Å². The topological polar surface area (TPSA) is 12.0 Å². The minimum Gasteiger partial charge on any atom is -0.313 e. The van der Waals surface area contributed by atoms with Gasteiger partial charge in [-0.1, -0.05) is 18.6 Å². The van der Waals surface area contributed by atoms with Gasteiger partial charge in [-0.3, -0.25) is 0 Å². The molecule has 0 radical (unpaired) electrons. The van der Waals surface area contributed by atoms with E-state index in [-0.39, 0.29) is 11.9 Å². The molecule has 1 N–H and O–H groups in total. The molecule has 2 aliphatic carbocycles. The van der Waals surface area contributed by atoms with E-state index in [0.717, 1.165) is 29.7 Å². The van der Waals surface area contributed by atoms with E-state index in [2.05, 4.69) is 21.2 Å². The van der Waals surface area contributed by atoms with Gasteiger partial charge in [0.2, 0.25) is 0 Å². The van der Waals surface area contributed by atoms with Crippen molar-refractivity contribution in [3.8, 4) is 0 Å². The molecule has 0 spiro atoms. The summed E-state index contributed by atoms with van der Waals surface area (Å²) in [5.74, 6) is 2.54. The number of hydrogen-bond acceptors (Lipinski definition) is 1. The molecule has 3 heteroatoms. The molecule has 2 bridgehead atoms. The first-order valence-electron chi connectivity index (χ1n) is 7.30. The molecule has 2 saturated carbocycles. The third kappa shape index (κ3) is 2.59. The van der Waals surface area contributed by atoms with Crippen molar-refractivity contribution in [1.82, 2.24) is 5.32 Å². The summed E-state index contributed by atoms with van der Waals surface area (Å²) in [4.78, 5) is 0. The summed E-state index contributed by atoms with van der Waals surface area (Å²) in [6.07, 6.45) is 6.68. The molecule has 1 aromatic rings. The van der Waals surface area contributed by atoms with Crippen LogP contribution in [0.1, 0.15) is 43.7 Å². The van der Waals surface area contributed by atoms with Crippen molar-refractivity contribution >= 4 is 15.9 Å². The highest BCUT2D eigenvalue weighted by Crippen LogP contribution is 2.51. The predicted octanol–water partition coefficient (Wildman–Crippen LogP) is 4.68. The highest BCUT2D eigenvalue weighted by molar-refractivity contribution is 9.10. The number of hydrogen-bond donors (Lipinski definition) is 1. The van der Waals surface area contributed by atoms with Gasteiger partial charge in [0.25, 0.3) is 0 Å². The Bertz CT molecular complexity index is 462. The molecule has 4 atom stereocenters. The monoisotopic (exact) mass is 325 g/mol. The van der Waals surface area contributed by atoms with Crippen LogP contribution >= 0.6 is 15.9 Å². The Hall–Kier alpha value is -0.410. The number of nitrogens with one attached hydrogen (secondary N) is 1. The second-order valence-electron chi connectivity index (χ2n) is 6.15. The van der Waals surface area contributed by atoms with Crippen LogP contribution in [0.15, 0.2) is 22.7 Å². The molecule has 0 amide bonds. The Morgan fingerprint density at radius 1 is 1.37 bits per heavy atom. The third-order valence-corrected chi connectivity index (χ3v) is 5.74. The number of rotatable bonds is 4. The number of halogens is 2. The van der Waals surface area contributed by atoms with Gasteiger partial charge in [0.05, 0.1) is 4.47 Å². The Labute approximate surface area is 123 Å². The van der Waals surface area contributed by atoms with Crippen LogP contribution in [0, 0.1) is 23.6 Å². The number of benzene rings is 1. The summed E-state index contributed by atoms with van der Waals surface area (Å²) < 4.78 is 14.8. The maximum atomic E-state index is 14.2. The zero-order chi connectivity index (χ0) is 13.4. The summed E-state index contributed by atoms with van der Waals surface area (Å²) in [5.41, 5.74) is 0.805. The van der Waals surface area contributed by atoms with Gasteiger partial charge in [0, 0.05) is 11.6 Å². The molecular formula is C16H21BrFN. The van der Waals surface area contributed by atoms with Gasteiger partial charge in [-0.2, -0.15) is 0 Å². The van der Waals surface area contributed by atoms with Crippen molar-refractivity contribution in [2.75, 3.05) is 7.05 Å². The summed E-state index contributed by atoms with van der Waals surface area (Å²) in [6.45, 7) is 0. The van der Waals surface area contributed by atoms with Crippen LogP contribution in [0.3, 0.4) is 0 Å². The van der Waals surface area contributed by atoms with E-state index < -0.39 is 0 Å². The first kappa shape index (κ1) is 13.6. The highest BCUT2D eigenvalue weighted by Gasteiger charge is 2.40. The normalized spacial score (nSPS) is 30.8. The SMILES string of the molecule is CNC(CC1CC2CCC1C2)c1cccc(Br)c1F. The summed E-state index contributed by atoms with van der Waals surface area (Å²) in [5, 5.41) is 3.31. The lowest BCUT2D eigenvalue weighted by Gasteiger charge is -2.27. The summed E-state index contributed by atoms with van der Waals surface area (Å²) >= 11 is 3.29. The molecule has 0 heterocycles. The molecule has 2 aliphatic rings. The summed E-state index contributed by atoms with van der Waals surface area (Å²) in [7, 11) is 1.94. The van der Waals surface area contributed by atoms with Crippen molar-refractivity contribution in [3.05, 3.63) is 34.1 Å². The number of fused-ring (bicyclic) bond motifs is 2. The lowest BCUT2D eigenvalue weighted by Crippen LogP contribution is -2.23. The Morgan fingerprint density at radius 3 is 2.84 bits per heavy atom. The van der Waals surface area contributed by atoms with Crippen molar-refractivity contribution < 1.29 is 4.39 Å². The maximum absolute atomic E-state index is 14.2. The van der Waals surface area contributed by atoms with Crippen molar-refractivity contribution in [3.63, 3.8) is 0 Å². The molecule has 2 fully saturated rings. The van der Waals surface area contributed by atoms with Crippen LogP contribution in [0.5, 0.6) is 0 Å². The maximum Gasteiger partial charge on any atom is 0.142 e. The molecule has 0 aliphatic heterocycles. The van der Waals surface area contributed by atoms with Crippen LogP contribution < -0.4 is 5.32 Å². The molecule has 0 saturated heterocycles. The van der Waals surface area contributed by atoms with Crippen molar-refractivity contribution in [1.29, 1.82) is 0 Å². The average molecular weight is 326 g/mol. The molecule has 19 heavy (non-hydrogen) atoms. The molecular weight excluding hydrogens is 305 g/mol. The molecule has 104 valence electrons. The first-order valence-corrected chi connectivity index (χ1v) is 8.09. The molecule has 1 nitrogen and oxygen atoms in total. The quantitative estimate of drug-likeness (QED) is 0.847. The fraction of sp³-hybridized carbons (Fsp3) is 0.625. The van der Waals surface area contributed by atoms with Crippen molar-refractivity contribution in [2.45, 2.75) is 38.1 Å². The second-order valence-corrected chi connectivity index (χ2v) is 7.01. The molecule has 3 rings (SSSR count). The van der Waals surface area contributed by atoms with Gasteiger partial charge >= 0.3 is 0 Å². The van der Waals surface area contributed by atoms with Crippen LogP contribution in [0.25, 0.3) is 0 Å². The van der Waals surface area contributed by atoms with Crippen LogP contribution in [-0.2, 0) is 0 Å². The van der Waals surface area contributed by atoms with E-state index in [1.165, 1.54) is 25.7 Å². The van der Waals surface area contributed by atoms with Gasteiger partial charge in [0.15, 0.2) is 0 Å². The largest absolute Gasteiger partial charge is 0.313 e. The van der Waals surface area contributed by atoms with E-state index in [1.807, 2.05) is 19.2 Å². The van der Waals surface area contributed by atoms with Gasteiger partial charge < -0.3 is 5.32 Å². The van der Waals surface area contributed by atoms with Crippen LogP contribution in [-0.4, -0.2) is 7.05 Å². The smallest absolute Gasteiger partial charge is 0.142 e. The standard InChI is InChI=1S/C16H21BrFN/c1-19-15(13-3-2-4-14(17)16(13)18)9-12-8-10-5-6-11(12)7-10/h2-4,10-12,15,19H,5-9H2,1H3. The minimum absolute atomic E-state index is 0.106. The zero-order valence-electron chi connectivity index (χ0n) is 11.3. The first-order chi connectivity index (χ1) is 9.19. The molecule has 0 aromatic heterocycles. The van der Waals surface area contributed by atoms with Gasteiger partial charge in [0.1, 0.15) is 5.82 Å². The Kier molecular flexibility index (Phi) is 3.95. The van der Waals surface area contributed by atoms with Crippen LogP contribution in [0.4, 0.5) is 4.39 Å². The zero-order valence-corrected chi connectivity index (χ0v) is 12.9. The van der Waals surface area contributed by atoms with E-state index in [1.54, 1.807) is 6.07 Å². The Morgan fingerprint density at radius 2 is 2.21 bits per heavy atom. The Balaban J connectivity index is 1.75. The lowest BCUT2D eigenvalue weighted by atomic mass is 9.82. The van der Waals surface area contributed by atoms with E-state index in [9.17, 15) is 4.39 Å². The summed E-state index contributed by atoms with van der Waals surface area (Å²) in [6, 6.07) is 5.74. The molecule has 1 aromatic carbocycles. The fourth-order valence-electron chi connectivity index (χ4n) is 4.16. The predicted molar refractivity (Wildman–Crippen MR) is 79.5 cm³/mol. The van der Waals surface area contributed by atoms with Gasteiger partial charge in [-0.15, -0.1) is 0 Å². The molecule has 4 unspecified atom stereocenters. The van der Waals surface area contributed by atoms with E-state index in [4.69, 9.17) is 0 Å². The van der Waals surface area contributed by atoms with E-state index >= 15 is 0 Å². The second kappa shape index (κ2) is 5.53. The van der Waals surface area contributed by atoms with Gasteiger partial charge in [-0.05, 0) is 72.5 Å². The van der Waals surface area contributed by atoms with Crippen molar-refractivity contribution in [2.24, 2.45) is 17.8 Å². The fourth-order valence-corrected chi connectivity index (χ4v) is 4.54. The van der Waals surface area contributed by atoms with Crippen LogP contribution in [0.2, 0.25) is 0 Å². The highest BCUT2D eigenvalue weighted by atomic mass is 79.9. The van der Waals surface area contributed by atoms with Gasteiger partial charge in [-0.25, -0.2) is 4.39 Å².